The second kappa shape index (κ2) is 7.66. The molecular formula is C18H15N3O2S. The van der Waals surface area contributed by atoms with Crippen LogP contribution in [0.3, 0.4) is 0 Å². The van der Waals surface area contributed by atoms with Gasteiger partial charge in [0.1, 0.15) is 5.75 Å². The lowest BCUT2D eigenvalue weighted by molar-refractivity contribution is 0.413. The molecule has 0 atom stereocenters. The van der Waals surface area contributed by atoms with Crippen LogP contribution in [0.2, 0.25) is 0 Å². The molecule has 6 heteroatoms. The van der Waals surface area contributed by atoms with Crippen molar-refractivity contribution in [2.45, 2.75) is 17.4 Å². The minimum atomic E-state index is 0.506. The van der Waals surface area contributed by atoms with E-state index in [0.29, 0.717) is 28.9 Å². The Morgan fingerprint density at radius 1 is 1.12 bits per heavy atom. The fraction of sp³-hybridized carbons (Fsp3) is 0.167. The zero-order valence-corrected chi connectivity index (χ0v) is 13.9. The lowest BCUT2D eigenvalue weighted by Crippen LogP contribution is -1.89. The van der Waals surface area contributed by atoms with Crippen LogP contribution in [-0.4, -0.2) is 17.3 Å². The number of nitriles is 1. The van der Waals surface area contributed by atoms with Crippen LogP contribution in [0.25, 0.3) is 0 Å². The molecule has 5 nitrogen and oxygen atoms in total. The molecule has 0 radical (unpaired) electrons. The van der Waals surface area contributed by atoms with Gasteiger partial charge in [-0.1, -0.05) is 42.1 Å². The third-order valence-corrected chi connectivity index (χ3v) is 4.32. The molecule has 24 heavy (non-hydrogen) atoms. The maximum Gasteiger partial charge on any atom is 0.276 e. The van der Waals surface area contributed by atoms with Crippen molar-refractivity contribution in [1.82, 2.24) is 10.2 Å². The van der Waals surface area contributed by atoms with Crippen LogP contribution in [0.4, 0.5) is 0 Å². The molecule has 0 N–H and O–H groups in total. The molecule has 0 amide bonds. The van der Waals surface area contributed by atoms with Gasteiger partial charge in [0.2, 0.25) is 5.89 Å². The van der Waals surface area contributed by atoms with E-state index in [-0.39, 0.29) is 0 Å². The largest absolute Gasteiger partial charge is 0.497 e. The molecule has 3 rings (SSSR count). The first-order valence-electron chi connectivity index (χ1n) is 7.34. The number of thioether (sulfide) groups is 1. The highest BCUT2D eigenvalue weighted by Gasteiger charge is 2.09. The Morgan fingerprint density at radius 3 is 2.67 bits per heavy atom. The molecule has 3 aromatic rings. The predicted molar refractivity (Wildman–Crippen MR) is 90.8 cm³/mol. The maximum absolute atomic E-state index is 9.10. The highest BCUT2D eigenvalue weighted by molar-refractivity contribution is 7.98. The van der Waals surface area contributed by atoms with Gasteiger partial charge in [0.05, 0.1) is 25.2 Å². The van der Waals surface area contributed by atoms with E-state index in [0.717, 1.165) is 16.9 Å². The average Bonchev–Trinajstić information content (AvgIpc) is 3.08. The third kappa shape index (κ3) is 3.94. The van der Waals surface area contributed by atoms with Crippen LogP contribution in [-0.2, 0) is 12.2 Å². The first-order chi connectivity index (χ1) is 11.8. The highest BCUT2D eigenvalue weighted by Crippen LogP contribution is 2.24. The maximum atomic E-state index is 9.10. The zero-order chi connectivity index (χ0) is 16.8. The van der Waals surface area contributed by atoms with Crippen molar-refractivity contribution >= 4 is 11.8 Å². The number of hydrogen-bond acceptors (Lipinski definition) is 6. The van der Waals surface area contributed by atoms with Gasteiger partial charge < -0.3 is 9.15 Å². The molecule has 0 fully saturated rings. The van der Waals surface area contributed by atoms with E-state index < -0.39 is 0 Å². The summed E-state index contributed by atoms with van der Waals surface area (Å²) in [5.74, 6) is 2.00. The second-order valence-electron chi connectivity index (χ2n) is 5.04. The molecule has 1 aromatic heterocycles. The van der Waals surface area contributed by atoms with Gasteiger partial charge in [0.25, 0.3) is 5.22 Å². The van der Waals surface area contributed by atoms with E-state index in [4.69, 9.17) is 14.4 Å². The van der Waals surface area contributed by atoms with Crippen molar-refractivity contribution in [2.24, 2.45) is 0 Å². The first-order valence-corrected chi connectivity index (χ1v) is 8.33. The Morgan fingerprint density at radius 2 is 1.92 bits per heavy atom. The molecule has 0 saturated heterocycles. The Kier molecular flexibility index (Phi) is 5.14. The van der Waals surface area contributed by atoms with Crippen LogP contribution >= 0.6 is 11.8 Å². The minimum absolute atomic E-state index is 0.506. The van der Waals surface area contributed by atoms with Crippen LogP contribution in [0.15, 0.2) is 58.2 Å². The predicted octanol–water partition coefficient (Wildman–Crippen LogP) is 3.83. The summed E-state index contributed by atoms with van der Waals surface area (Å²) in [5.41, 5.74) is 2.70. The Labute approximate surface area is 144 Å². The Bertz CT molecular complexity index is 853. The number of rotatable bonds is 6. The van der Waals surface area contributed by atoms with Gasteiger partial charge in [0.15, 0.2) is 0 Å². The van der Waals surface area contributed by atoms with Gasteiger partial charge in [-0.15, -0.1) is 10.2 Å². The van der Waals surface area contributed by atoms with Gasteiger partial charge in [-0.05, 0) is 29.3 Å². The zero-order valence-electron chi connectivity index (χ0n) is 13.1. The van der Waals surface area contributed by atoms with Gasteiger partial charge in [-0.2, -0.15) is 5.26 Å². The molecular weight excluding hydrogens is 322 g/mol. The van der Waals surface area contributed by atoms with E-state index in [1.807, 2.05) is 42.5 Å². The van der Waals surface area contributed by atoms with Gasteiger partial charge in [0, 0.05) is 5.75 Å². The van der Waals surface area contributed by atoms with E-state index in [1.165, 1.54) is 11.8 Å². The summed E-state index contributed by atoms with van der Waals surface area (Å²) in [7, 11) is 1.64. The van der Waals surface area contributed by atoms with E-state index >= 15 is 0 Å². The number of ether oxygens (including phenoxy) is 1. The van der Waals surface area contributed by atoms with Gasteiger partial charge >= 0.3 is 0 Å². The molecule has 0 unspecified atom stereocenters. The van der Waals surface area contributed by atoms with Crippen LogP contribution in [0.1, 0.15) is 22.6 Å². The smallest absolute Gasteiger partial charge is 0.276 e. The molecule has 1 heterocycles. The average molecular weight is 337 g/mol. The number of methoxy groups -OCH3 is 1. The molecule has 120 valence electrons. The third-order valence-electron chi connectivity index (χ3n) is 3.45. The summed E-state index contributed by atoms with van der Waals surface area (Å²) in [6.45, 7) is 0. The summed E-state index contributed by atoms with van der Waals surface area (Å²) in [4.78, 5) is 0. The fourth-order valence-corrected chi connectivity index (χ4v) is 2.97. The summed E-state index contributed by atoms with van der Waals surface area (Å²) in [6, 6.07) is 17.4. The molecule has 0 aliphatic rings. The van der Waals surface area contributed by atoms with Crippen molar-refractivity contribution in [1.29, 1.82) is 5.26 Å². The van der Waals surface area contributed by atoms with Crippen molar-refractivity contribution < 1.29 is 9.15 Å². The molecule has 2 aromatic carbocycles. The summed E-state index contributed by atoms with van der Waals surface area (Å²) < 4.78 is 10.8. The van der Waals surface area contributed by atoms with Gasteiger partial charge in [-0.3, -0.25) is 0 Å². The molecule has 0 aliphatic heterocycles. The van der Waals surface area contributed by atoms with Gasteiger partial charge in [-0.25, -0.2) is 0 Å². The number of nitrogens with zero attached hydrogens (tertiary/aromatic N) is 3. The van der Waals surface area contributed by atoms with E-state index in [1.54, 1.807) is 13.2 Å². The molecule has 0 aliphatic carbocycles. The van der Waals surface area contributed by atoms with Crippen molar-refractivity contribution in [3.05, 3.63) is 71.1 Å². The lowest BCUT2D eigenvalue weighted by atomic mass is 10.1. The standard InChI is InChI=1S/C18H15N3O2S/c1-22-16-8-6-13(7-9-16)10-17-20-21-18(23-17)24-12-15-5-3-2-4-14(15)11-19/h2-9H,10,12H2,1H3. The Hall–Kier alpha value is -2.78. The van der Waals surface area contributed by atoms with Crippen molar-refractivity contribution in [2.75, 3.05) is 7.11 Å². The van der Waals surface area contributed by atoms with Crippen LogP contribution in [0, 0.1) is 11.3 Å². The Balaban J connectivity index is 1.62. The quantitative estimate of drug-likeness (QED) is 0.637. The van der Waals surface area contributed by atoms with Crippen molar-refractivity contribution in [3.8, 4) is 11.8 Å². The topological polar surface area (TPSA) is 71.9 Å². The second-order valence-corrected chi connectivity index (χ2v) is 5.97. The van der Waals surface area contributed by atoms with Crippen LogP contribution in [0.5, 0.6) is 5.75 Å². The number of aromatic nitrogens is 2. The number of benzene rings is 2. The molecule has 0 saturated carbocycles. The van der Waals surface area contributed by atoms with E-state index in [9.17, 15) is 0 Å². The first kappa shape index (κ1) is 16.1. The molecule has 0 bridgehead atoms. The van der Waals surface area contributed by atoms with Crippen molar-refractivity contribution in [3.63, 3.8) is 0 Å². The lowest BCUT2D eigenvalue weighted by Gasteiger charge is -2.01. The highest BCUT2D eigenvalue weighted by atomic mass is 32.2. The SMILES string of the molecule is COc1ccc(Cc2nnc(SCc3ccccc3C#N)o2)cc1. The normalized spacial score (nSPS) is 10.3. The summed E-state index contributed by atoms with van der Waals surface area (Å²) >= 11 is 1.43. The summed E-state index contributed by atoms with van der Waals surface area (Å²) in [5, 5.41) is 17.7. The van der Waals surface area contributed by atoms with Crippen LogP contribution < -0.4 is 4.74 Å². The van der Waals surface area contributed by atoms with E-state index in [2.05, 4.69) is 16.3 Å². The fourth-order valence-electron chi connectivity index (χ4n) is 2.18. The monoisotopic (exact) mass is 337 g/mol. The molecule has 0 spiro atoms. The summed E-state index contributed by atoms with van der Waals surface area (Å²) in [6.07, 6.45) is 0.576. The minimum Gasteiger partial charge on any atom is -0.497 e. The number of hydrogen-bond donors (Lipinski definition) is 0.